The number of aryl methyl sites for hydroxylation is 1. The van der Waals surface area contributed by atoms with E-state index in [4.69, 9.17) is 9.52 Å². The number of aromatic carboxylic acids is 1. The molecule has 2 rings (SSSR count). The number of carbonyl (C=O) groups is 1. The van der Waals surface area contributed by atoms with Crippen molar-refractivity contribution in [2.45, 2.75) is 31.2 Å². The van der Waals surface area contributed by atoms with Gasteiger partial charge in [-0.2, -0.15) is 0 Å². The Morgan fingerprint density at radius 2 is 2.24 bits per heavy atom. The Hall–Kier alpha value is -1.64. The molecule has 8 heteroatoms. The highest BCUT2D eigenvalue weighted by Crippen LogP contribution is 2.26. The van der Waals surface area contributed by atoms with Crippen LogP contribution in [0, 0.1) is 6.92 Å². The van der Waals surface area contributed by atoms with Crippen LogP contribution in [-0.4, -0.2) is 19.5 Å². The topological polar surface area (TPSA) is 96.6 Å². The van der Waals surface area contributed by atoms with E-state index in [0.717, 1.165) is 10.9 Å². The molecular weight excluding hydrogens is 314 g/mol. The number of carboxylic acid groups (broad SMARTS) is 1. The summed E-state index contributed by atoms with van der Waals surface area (Å²) >= 11 is 1.46. The molecule has 0 amide bonds. The van der Waals surface area contributed by atoms with Gasteiger partial charge in [-0.15, -0.1) is 11.3 Å². The maximum atomic E-state index is 12.4. The summed E-state index contributed by atoms with van der Waals surface area (Å²) in [5, 5.41) is 10.7. The van der Waals surface area contributed by atoms with Crippen molar-refractivity contribution >= 4 is 27.3 Å². The summed E-state index contributed by atoms with van der Waals surface area (Å²) in [5.41, 5.74) is 0. The van der Waals surface area contributed by atoms with E-state index in [1.54, 1.807) is 0 Å². The Kier molecular flexibility index (Phi) is 4.50. The number of rotatable bonds is 6. The van der Waals surface area contributed by atoms with Crippen LogP contribution in [0.3, 0.4) is 0 Å². The molecule has 2 aromatic heterocycles. The normalized spacial score (nSPS) is 13.2. The molecule has 0 aliphatic rings. The molecule has 2 aromatic rings. The molecule has 0 bridgehead atoms. The van der Waals surface area contributed by atoms with Crippen LogP contribution in [0.25, 0.3) is 0 Å². The van der Waals surface area contributed by atoms with Gasteiger partial charge in [-0.25, -0.2) is 17.9 Å². The zero-order valence-corrected chi connectivity index (χ0v) is 13.1. The van der Waals surface area contributed by atoms with Gasteiger partial charge < -0.3 is 9.52 Å². The van der Waals surface area contributed by atoms with Crippen molar-refractivity contribution in [3.05, 3.63) is 40.0 Å². The zero-order chi connectivity index (χ0) is 15.6. The van der Waals surface area contributed by atoms with Crippen LogP contribution < -0.4 is 4.72 Å². The summed E-state index contributed by atoms with van der Waals surface area (Å²) in [6, 6.07) is 4.38. The Morgan fingerprint density at radius 3 is 2.71 bits per heavy atom. The van der Waals surface area contributed by atoms with E-state index < -0.39 is 21.8 Å². The van der Waals surface area contributed by atoms with Crippen molar-refractivity contribution in [2.75, 3.05) is 0 Å². The third-order valence-corrected chi connectivity index (χ3v) is 5.53. The number of carboxylic acids is 1. The number of hydrogen-bond acceptors (Lipinski definition) is 5. The molecule has 0 spiro atoms. The lowest BCUT2D eigenvalue weighted by Crippen LogP contribution is -2.28. The van der Waals surface area contributed by atoms with Gasteiger partial charge in [-0.3, -0.25) is 0 Å². The first-order chi connectivity index (χ1) is 9.85. The van der Waals surface area contributed by atoms with Crippen molar-refractivity contribution in [3.8, 4) is 0 Å². The van der Waals surface area contributed by atoms with E-state index in [9.17, 15) is 13.2 Å². The molecule has 114 valence electrons. The van der Waals surface area contributed by atoms with Crippen molar-refractivity contribution in [2.24, 2.45) is 0 Å². The highest BCUT2D eigenvalue weighted by molar-refractivity contribution is 7.89. The molecule has 0 saturated carbocycles. The molecule has 2 N–H and O–H groups in total. The largest absolute Gasteiger partial charge is 0.475 e. The Labute approximate surface area is 126 Å². The average molecular weight is 329 g/mol. The zero-order valence-electron chi connectivity index (χ0n) is 11.5. The predicted octanol–water partition coefficient (Wildman–Crippen LogP) is 2.78. The van der Waals surface area contributed by atoms with Crippen molar-refractivity contribution in [1.82, 2.24) is 4.72 Å². The first kappa shape index (κ1) is 15.7. The molecule has 2 heterocycles. The lowest BCUT2D eigenvalue weighted by atomic mass is 10.2. The SMILES string of the molecule is CCC(NS(=O)(=O)c1cc(C(=O)O)oc1C)c1cccs1. The van der Waals surface area contributed by atoms with Crippen LogP contribution >= 0.6 is 11.3 Å². The monoisotopic (exact) mass is 329 g/mol. The van der Waals surface area contributed by atoms with E-state index in [2.05, 4.69) is 4.72 Å². The van der Waals surface area contributed by atoms with Gasteiger partial charge in [0.1, 0.15) is 10.7 Å². The molecule has 0 aliphatic heterocycles. The van der Waals surface area contributed by atoms with E-state index in [-0.39, 0.29) is 16.7 Å². The number of sulfonamides is 1. The minimum atomic E-state index is -3.84. The van der Waals surface area contributed by atoms with E-state index >= 15 is 0 Å². The molecule has 21 heavy (non-hydrogen) atoms. The van der Waals surface area contributed by atoms with Gasteiger partial charge in [0.15, 0.2) is 0 Å². The van der Waals surface area contributed by atoms with Crippen molar-refractivity contribution < 1.29 is 22.7 Å². The van der Waals surface area contributed by atoms with E-state index in [0.29, 0.717) is 6.42 Å². The molecule has 0 fully saturated rings. The average Bonchev–Trinajstić information content (AvgIpc) is 3.05. The maximum Gasteiger partial charge on any atom is 0.371 e. The van der Waals surface area contributed by atoms with Gasteiger partial charge in [-0.05, 0) is 24.8 Å². The Bertz CT molecular complexity index is 731. The second-order valence-corrected chi connectivity index (χ2v) is 7.10. The smallest absolute Gasteiger partial charge is 0.371 e. The van der Waals surface area contributed by atoms with Crippen LogP contribution in [0.2, 0.25) is 0 Å². The summed E-state index contributed by atoms with van der Waals surface area (Å²) in [6.45, 7) is 3.30. The molecule has 1 unspecified atom stereocenters. The fourth-order valence-electron chi connectivity index (χ4n) is 1.92. The first-order valence-electron chi connectivity index (χ1n) is 6.24. The summed E-state index contributed by atoms with van der Waals surface area (Å²) in [6.07, 6.45) is 0.586. The highest BCUT2D eigenvalue weighted by Gasteiger charge is 2.26. The minimum Gasteiger partial charge on any atom is -0.475 e. The minimum absolute atomic E-state index is 0.0564. The first-order valence-corrected chi connectivity index (χ1v) is 8.61. The van der Waals surface area contributed by atoms with Gasteiger partial charge in [0.2, 0.25) is 15.8 Å². The maximum absolute atomic E-state index is 12.4. The number of hydrogen-bond donors (Lipinski definition) is 2. The molecule has 1 atom stereocenters. The Morgan fingerprint density at radius 1 is 1.52 bits per heavy atom. The van der Waals surface area contributed by atoms with Crippen LogP contribution in [0.1, 0.15) is 40.6 Å². The lowest BCUT2D eigenvalue weighted by Gasteiger charge is -2.15. The third kappa shape index (κ3) is 3.34. The summed E-state index contributed by atoms with van der Waals surface area (Å²) in [4.78, 5) is 11.6. The summed E-state index contributed by atoms with van der Waals surface area (Å²) in [7, 11) is -3.84. The molecule has 0 radical (unpaired) electrons. The fourth-order valence-corrected chi connectivity index (χ4v) is 4.33. The van der Waals surface area contributed by atoms with Gasteiger partial charge in [0, 0.05) is 10.9 Å². The molecule has 6 nitrogen and oxygen atoms in total. The summed E-state index contributed by atoms with van der Waals surface area (Å²) in [5.74, 6) is -1.64. The van der Waals surface area contributed by atoms with E-state index in [1.165, 1.54) is 18.3 Å². The molecule has 0 aliphatic carbocycles. The van der Waals surface area contributed by atoms with Gasteiger partial charge >= 0.3 is 5.97 Å². The van der Waals surface area contributed by atoms with Gasteiger partial charge in [0.05, 0.1) is 6.04 Å². The van der Waals surface area contributed by atoms with Gasteiger partial charge in [0.25, 0.3) is 0 Å². The number of thiophene rings is 1. The second-order valence-electron chi connectivity index (χ2n) is 4.43. The lowest BCUT2D eigenvalue weighted by molar-refractivity contribution is 0.0661. The molecule has 0 saturated heterocycles. The second kappa shape index (κ2) is 6.00. The van der Waals surface area contributed by atoms with Crippen LogP contribution in [0.4, 0.5) is 0 Å². The highest BCUT2D eigenvalue weighted by atomic mass is 32.2. The third-order valence-electron chi connectivity index (χ3n) is 2.96. The Balaban J connectivity index is 2.32. The number of nitrogens with one attached hydrogen (secondary N) is 1. The number of furan rings is 1. The predicted molar refractivity (Wildman–Crippen MR) is 78.1 cm³/mol. The van der Waals surface area contributed by atoms with Crippen LogP contribution in [0.5, 0.6) is 0 Å². The van der Waals surface area contributed by atoms with Crippen LogP contribution in [0.15, 0.2) is 32.9 Å². The summed E-state index contributed by atoms with van der Waals surface area (Å²) < 4.78 is 32.3. The van der Waals surface area contributed by atoms with Crippen LogP contribution in [-0.2, 0) is 10.0 Å². The van der Waals surface area contributed by atoms with Crippen molar-refractivity contribution in [3.63, 3.8) is 0 Å². The molecular formula is C13H15NO5S2. The van der Waals surface area contributed by atoms with Crippen molar-refractivity contribution in [1.29, 1.82) is 0 Å². The fraction of sp³-hybridized carbons (Fsp3) is 0.308. The quantitative estimate of drug-likeness (QED) is 0.849. The van der Waals surface area contributed by atoms with Gasteiger partial charge in [-0.1, -0.05) is 13.0 Å². The standard InChI is InChI=1S/C13H15NO5S2/c1-3-9(11-5-4-6-20-11)14-21(17,18)12-7-10(13(15)16)19-8(12)2/h4-7,9,14H,3H2,1-2H3,(H,15,16). The molecule has 0 aromatic carbocycles. The van der Waals surface area contributed by atoms with E-state index in [1.807, 2.05) is 24.4 Å².